The van der Waals surface area contributed by atoms with E-state index in [4.69, 9.17) is 4.42 Å². The number of nitrogens with one attached hydrogen (secondary N) is 1. The van der Waals surface area contributed by atoms with E-state index >= 15 is 0 Å². The largest absolute Gasteiger partial charge is 0.407 e. The molecule has 0 fully saturated rings. The molecule has 0 aliphatic carbocycles. The van der Waals surface area contributed by atoms with E-state index in [2.05, 4.69) is 34.6 Å². The first-order chi connectivity index (χ1) is 12.2. The average Bonchev–Trinajstić information content (AvgIpc) is 3.04. The highest BCUT2D eigenvalue weighted by atomic mass is 32.2. The molecular formula is C19H19N3O2S. The van der Waals surface area contributed by atoms with Crippen LogP contribution in [0.25, 0.3) is 0 Å². The second-order valence-electron chi connectivity index (χ2n) is 5.52. The maximum absolute atomic E-state index is 12.3. The van der Waals surface area contributed by atoms with Crippen molar-refractivity contribution in [2.75, 3.05) is 11.1 Å². The van der Waals surface area contributed by atoms with Gasteiger partial charge in [-0.05, 0) is 42.0 Å². The fourth-order valence-electron chi connectivity index (χ4n) is 2.41. The fraction of sp³-hybridized carbons (Fsp3) is 0.211. The summed E-state index contributed by atoms with van der Waals surface area (Å²) < 4.78 is 5.54. The third-order valence-corrected chi connectivity index (χ3v) is 4.56. The van der Waals surface area contributed by atoms with Gasteiger partial charge in [-0.3, -0.25) is 10.1 Å². The molecule has 0 aliphatic heterocycles. The lowest BCUT2D eigenvalue weighted by atomic mass is 10.1. The minimum absolute atomic E-state index is 0.112. The average molecular weight is 353 g/mol. The highest BCUT2D eigenvalue weighted by Gasteiger charge is 2.13. The van der Waals surface area contributed by atoms with Crippen molar-refractivity contribution in [3.05, 3.63) is 71.1 Å². The quantitative estimate of drug-likeness (QED) is 0.668. The molecule has 0 spiro atoms. The first kappa shape index (κ1) is 17.2. The molecule has 6 heteroatoms. The van der Waals surface area contributed by atoms with Crippen LogP contribution in [0.3, 0.4) is 0 Å². The molecule has 128 valence electrons. The second kappa shape index (κ2) is 7.98. The zero-order valence-corrected chi connectivity index (χ0v) is 15.0. The molecule has 0 unspecified atom stereocenters. The summed E-state index contributed by atoms with van der Waals surface area (Å²) >= 11 is 1.80. The molecule has 3 aromatic rings. The molecule has 0 saturated heterocycles. The summed E-state index contributed by atoms with van der Waals surface area (Å²) in [4.78, 5) is 13.5. The third kappa shape index (κ3) is 4.48. The maximum atomic E-state index is 12.3. The van der Waals surface area contributed by atoms with Gasteiger partial charge in [0.05, 0.1) is 6.42 Å². The Labute approximate surface area is 150 Å². The van der Waals surface area contributed by atoms with Gasteiger partial charge in [0.25, 0.3) is 5.91 Å². The summed E-state index contributed by atoms with van der Waals surface area (Å²) in [6.07, 6.45) is 0.532. The Balaban J connectivity index is 1.64. The lowest BCUT2D eigenvalue weighted by molar-refractivity contribution is 0.102. The van der Waals surface area contributed by atoms with Crippen LogP contribution in [0, 0.1) is 6.92 Å². The Morgan fingerprint density at radius 2 is 1.88 bits per heavy atom. The molecule has 1 aromatic heterocycles. The van der Waals surface area contributed by atoms with E-state index in [1.807, 2.05) is 37.3 Å². The van der Waals surface area contributed by atoms with Crippen LogP contribution >= 0.6 is 11.8 Å². The van der Waals surface area contributed by atoms with Crippen molar-refractivity contribution in [2.45, 2.75) is 25.2 Å². The zero-order chi connectivity index (χ0) is 17.6. The van der Waals surface area contributed by atoms with Crippen LogP contribution in [0.5, 0.6) is 0 Å². The molecule has 0 radical (unpaired) electrons. The highest BCUT2D eigenvalue weighted by molar-refractivity contribution is 7.99. The van der Waals surface area contributed by atoms with Crippen molar-refractivity contribution in [3.8, 4) is 0 Å². The van der Waals surface area contributed by atoms with Gasteiger partial charge < -0.3 is 4.42 Å². The molecule has 1 amide bonds. The topological polar surface area (TPSA) is 68.0 Å². The maximum Gasteiger partial charge on any atom is 0.322 e. The number of rotatable bonds is 6. The lowest BCUT2D eigenvalue weighted by Crippen LogP contribution is -2.13. The zero-order valence-electron chi connectivity index (χ0n) is 14.2. The Morgan fingerprint density at radius 3 is 2.60 bits per heavy atom. The van der Waals surface area contributed by atoms with Gasteiger partial charge in [0.1, 0.15) is 0 Å². The molecule has 5 nitrogen and oxygen atoms in total. The van der Waals surface area contributed by atoms with Crippen LogP contribution in [0.4, 0.5) is 6.01 Å². The molecule has 0 bridgehead atoms. The molecule has 1 heterocycles. The summed E-state index contributed by atoms with van der Waals surface area (Å²) in [6.45, 7) is 4.01. The Morgan fingerprint density at radius 1 is 1.12 bits per heavy atom. The first-order valence-electron chi connectivity index (χ1n) is 8.07. The van der Waals surface area contributed by atoms with Gasteiger partial charge in [0.2, 0.25) is 5.89 Å². The van der Waals surface area contributed by atoms with Crippen LogP contribution < -0.4 is 5.32 Å². The van der Waals surface area contributed by atoms with Gasteiger partial charge >= 0.3 is 6.01 Å². The summed E-state index contributed by atoms with van der Waals surface area (Å²) in [5.41, 5.74) is 2.57. The van der Waals surface area contributed by atoms with Gasteiger partial charge in [-0.1, -0.05) is 42.4 Å². The first-order valence-corrected chi connectivity index (χ1v) is 9.05. The van der Waals surface area contributed by atoms with E-state index < -0.39 is 0 Å². The normalized spacial score (nSPS) is 10.6. The molecule has 0 atom stereocenters. The van der Waals surface area contributed by atoms with E-state index in [0.29, 0.717) is 17.9 Å². The van der Waals surface area contributed by atoms with Crippen molar-refractivity contribution in [1.29, 1.82) is 0 Å². The van der Waals surface area contributed by atoms with E-state index in [1.165, 1.54) is 4.90 Å². The number of aromatic nitrogens is 2. The second-order valence-corrected chi connectivity index (χ2v) is 6.86. The molecule has 2 aromatic carbocycles. The van der Waals surface area contributed by atoms with Gasteiger partial charge in [0, 0.05) is 10.5 Å². The summed E-state index contributed by atoms with van der Waals surface area (Å²) in [5, 5.41) is 10.6. The smallest absolute Gasteiger partial charge is 0.322 e. The van der Waals surface area contributed by atoms with Crippen molar-refractivity contribution in [2.24, 2.45) is 0 Å². The number of hydrogen-bond donors (Lipinski definition) is 1. The molecular weight excluding hydrogens is 334 g/mol. The number of carbonyl (C=O) groups is 1. The molecule has 1 N–H and O–H groups in total. The van der Waals surface area contributed by atoms with E-state index in [-0.39, 0.29) is 11.9 Å². The molecule has 0 aliphatic rings. The summed E-state index contributed by atoms with van der Waals surface area (Å²) in [5.74, 6) is 1.26. The van der Waals surface area contributed by atoms with Crippen LogP contribution in [-0.2, 0) is 6.42 Å². The SMILES string of the molecule is CCSc1ccc(Cc2nnc(NC(=O)c3ccccc3C)o2)cc1. The minimum Gasteiger partial charge on any atom is -0.407 e. The monoisotopic (exact) mass is 353 g/mol. The van der Waals surface area contributed by atoms with Gasteiger partial charge in [0.15, 0.2) is 0 Å². The Kier molecular flexibility index (Phi) is 5.50. The van der Waals surface area contributed by atoms with Crippen molar-refractivity contribution < 1.29 is 9.21 Å². The third-order valence-electron chi connectivity index (χ3n) is 3.67. The van der Waals surface area contributed by atoms with E-state index in [1.54, 1.807) is 17.8 Å². The highest BCUT2D eigenvalue weighted by Crippen LogP contribution is 2.19. The summed E-state index contributed by atoms with van der Waals surface area (Å²) in [6, 6.07) is 15.7. The van der Waals surface area contributed by atoms with Crippen molar-refractivity contribution in [3.63, 3.8) is 0 Å². The molecule has 3 rings (SSSR count). The van der Waals surface area contributed by atoms with Gasteiger partial charge in [-0.2, -0.15) is 0 Å². The number of thioether (sulfide) groups is 1. The van der Waals surface area contributed by atoms with E-state index in [9.17, 15) is 4.79 Å². The van der Waals surface area contributed by atoms with Crippen LogP contribution in [0.2, 0.25) is 0 Å². The number of amides is 1. The number of carbonyl (C=O) groups excluding carboxylic acids is 1. The van der Waals surface area contributed by atoms with Crippen molar-refractivity contribution in [1.82, 2.24) is 10.2 Å². The number of nitrogens with zero attached hydrogens (tertiary/aromatic N) is 2. The number of aryl methyl sites for hydroxylation is 1. The number of hydrogen-bond acceptors (Lipinski definition) is 5. The summed E-state index contributed by atoms with van der Waals surface area (Å²) in [7, 11) is 0. The molecule has 25 heavy (non-hydrogen) atoms. The Bertz CT molecular complexity index is 859. The number of anilines is 1. The van der Waals surface area contributed by atoms with Gasteiger partial charge in [-0.25, -0.2) is 0 Å². The van der Waals surface area contributed by atoms with Crippen LogP contribution in [0.15, 0.2) is 57.8 Å². The minimum atomic E-state index is -0.255. The lowest BCUT2D eigenvalue weighted by Gasteiger charge is -2.03. The fourth-order valence-corrected chi connectivity index (χ4v) is 3.07. The van der Waals surface area contributed by atoms with E-state index in [0.717, 1.165) is 16.9 Å². The predicted molar refractivity (Wildman–Crippen MR) is 99.1 cm³/mol. The van der Waals surface area contributed by atoms with Crippen molar-refractivity contribution >= 4 is 23.7 Å². The molecule has 0 saturated carbocycles. The van der Waals surface area contributed by atoms with Crippen LogP contribution in [0.1, 0.15) is 34.3 Å². The van der Waals surface area contributed by atoms with Crippen LogP contribution in [-0.4, -0.2) is 21.9 Å². The Hall–Kier alpha value is -2.60. The van der Waals surface area contributed by atoms with Gasteiger partial charge in [-0.15, -0.1) is 16.9 Å². The predicted octanol–water partition coefficient (Wildman–Crippen LogP) is 4.33. The number of benzene rings is 2. The standard InChI is InChI=1S/C19H19N3O2S/c1-3-25-15-10-8-14(9-11-15)12-17-21-22-19(24-17)20-18(23)16-7-5-4-6-13(16)2/h4-11H,3,12H2,1-2H3,(H,20,22,23).